The van der Waals surface area contributed by atoms with Crippen molar-refractivity contribution in [3.63, 3.8) is 0 Å². The number of phosphoric ester groups is 1. The highest BCUT2D eigenvalue weighted by molar-refractivity contribution is 7.49. The van der Waals surface area contributed by atoms with Gasteiger partial charge in [-0.05, 0) is 187 Å². The lowest BCUT2D eigenvalue weighted by atomic mass is 9.93. The van der Waals surface area contributed by atoms with Crippen molar-refractivity contribution in [1.29, 1.82) is 0 Å². The molecule has 0 aromatic heterocycles. The van der Waals surface area contributed by atoms with Gasteiger partial charge in [-0.3, -0.25) is 0 Å². The summed E-state index contributed by atoms with van der Waals surface area (Å²) >= 11 is 0. The predicted octanol–water partition coefficient (Wildman–Crippen LogP) is 11.8. The molecule has 0 amide bonds. The molecule has 0 aliphatic carbocycles. The van der Waals surface area contributed by atoms with E-state index in [-0.39, 0.29) is 90.3 Å². The van der Waals surface area contributed by atoms with E-state index in [1.165, 1.54) is 41.5 Å². The number of hydrogen-bond acceptors (Lipinski definition) is 16. The third-order valence-corrected chi connectivity index (χ3v) is 13.5. The zero-order chi connectivity index (χ0) is 56.4. The lowest BCUT2D eigenvalue weighted by molar-refractivity contribution is -0.141. The van der Waals surface area contributed by atoms with E-state index in [9.17, 15) is 28.8 Å². The van der Waals surface area contributed by atoms with Crippen LogP contribution in [0.2, 0.25) is 0 Å². The van der Waals surface area contributed by atoms with Crippen LogP contribution in [0.3, 0.4) is 0 Å². The van der Waals surface area contributed by atoms with Gasteiger partial charge in [-0.1, -0.05) is 39.5 Å². The molecule has 0 atom stereocenters. The molecule has 3 aromatic rings. The Balaban J connectivity index is 2.62. The highest BCUT2D eigenvalue weighted by Gasteiger charge is 2.40. The van der Waals surface area contributed by atoms with Crippen molar-refractivity contribution < 1.29 is 75.3 Å². The number of benzene rings is 3. The van der Waals surface area contributed by atoms with Crippen LogP contribution in [-0.2, 0) is 101 Å². The summed E-state index contributed by atoms with van der Waals surface area (Å²) in [7, 11) is -5.26. The minimum Gasteiger partial charge on any atom is -0.457 e. The van der Waals surface area contributed by atoms with Crippen LogP contribution in [0.1, 0.15) is 125 Å². The fourth-order valence-corrected chi connectivity index (χ4v) is 9.17. The van der Waals surface area contributed by atoms with Gasteiger partial charge in [0.05, 0.1) is 0 Å². The van der Waals surface area contributed by atoms with Gasteiger partial charge >= 0.3 is 43.6 Å². The van der Waals surface area contributed by atoms with E-state index in [4.69, 9.17) is 42.0 Å². The topological polar surface area (TPSA) is 203 Å². The van der Waals surface area contributed by atoms with Crippen LogP contribution < -0.4 is 13.6 Å². The first-order valence-electron chi connectivity index (χ1n) is 23.3. The first kappa shape index (κ1) is 60.9. The van der Waals surface area contributed by atoms with Crippen LogP contribution in [0.25, 0.3) is 0 Å². The second kappa shape index (κ2) is 25.5. The Morgan fingerprint density at radius 2 is 0.432 bits per heavy atom. The van der Waals surface area contributed by atoms with Crippen molar-refractivity contribution in [2.75, 3.05) is 0 Å². The van der Waals surface area contributed by atoms with Crippen LogP contribution in [-0.4, -0.2) is 35.8 Å². The molecule has 0 unspecified atom stereocenters. The summed E-state index contributed by atoms with van der Waals surface area (Å²) in [5, 5.41) is 0. The number of ether oxygens (including phenoxy) is 6. The Kier molecular flexibility index (Phi) is 20.9. The monoisotopic (exact) mass is 1040 g/mol. The average Bonchev–Trinajstić information content (AvgIpc) is 3.32. The largest absolute Gasteiger partial charge is 0.647 e. The van der Waals surface area contributed by atoms with Crippen molar-refractivity contribution in [2.24, 2.45) is 0 Å². The van der Waals surface area contributed by atoms with Gasteiger partial charge in [0.15, 0.2) is 0 Å². The number of esters is 6. The summed E-state index contributed by atoms with van der Waals surface area (Å²) in [6.45, 7) is 44.1. The fraction of sp³-hybridized carbons (Fsp3) is 0.368. The Morgan fingerprint density at radius 1 is 0.297 bits per heavy atom. The number of carbonyl (C=O) groups is 6. The highest BCUT2D eigenvalue weighted by atomic mass is 31.2. The third-order valence-electron chi connectivity index (χ3n) is 12.3. The molecule has 0 N–H and O–H groups in total. The van der Waals surface area contributed by atoms with Gasteiger partial charge in [0.25, 0.3) is 0 Å². The summed E-state index contributed by atoms with van der Waals surface area (Å²) in [5.41, 5.74) is 6.73. The molecule has 17 heteroatoms. The zero-order valence-corrected chi connectivity index (χ0v) is 46.4. The summed E-state index contributed by atoms with van der Waals surface area (Å²) < 4.78 is 70.3. The van der Waals surface area contributed by atoms with Gasteiger partial charge in [0.1, 0.15) is 56.9 Å². The summed E-state index contributed by atoms with van der Waals surface area (Å²) in [5.74, 6) is -4.41. The van der Waals surface area contributed by atoms with Crippen LogP contribution in [0.5, 0.6) is 17.2 Å². The van der Waals surface area contributed by atoms with E-state index in [2.05, 4.69) is 39.5 Å². The number of hydrogen-bond donors (Lipinski definition) is 0. The average molecular weight is 1040 g/mol. The quantitative estimate of drug-likeness (QED) is 0.0354. The molecule has 398 valence electrons. The van der Waals surface area contributed by atoms with Crippen LogP contribution in [0.15, 0.2) is 72.9 Å². The van der Waals surface area contributed by atoms with Crippen molar-refractivity contribution in [3.8, 4) is 17.2 Å². The second-order valence-corrected chi connectivity index (χ2v) is 19.8. The Morgan fingerprint density at radius 3 is 0.554 bits per heavy atom. The molecule has 3 rings (SSSR count). The normalized spacial score (nSPS) is 10.9. The van der Waals surface area contributed by atoms with Crippen molar-refractivity contribution in [1.82, 2.24) is 0 Å². The van der Waals surface area contributed by atoms with Crippen LogP contribution in [0.4, 0.5) is 0 Å². The summed E-state index contributed by atoms with van der Waals surface area (Å²) in [6, 6.07) is 0. The van der Waals surface area contributed by atoms with Crippen molar-refractivity contribution in [3.05, 3.63) is 156 Å². The Labute approximate surface area is 434 Å². The van der Waals surface area contributed by atoms with Gasteiger partial charge in [0.2, 0.25) is 0 Å². The maximum atomic E-state index is 16.4. The van der Waals surface area contributed by atoms with Gasteiger partial charge < -0.3 is 42.0 Å². The van der Waals surface area contributed by atoms with Crippen molar-refractivity contribution >= 4 is 43.6 Å². The van der Waals surface area contributed by atoms with E-state index >= 15 is 4.57 Å². The summed E-state index contributed by atoms with van der Waals surface area (Å²) in [6.07, 6.45) is 0. The molecule has 16 nitrogen and oxygen atoms in total. The van der Waals surface area contributed by atoms with E-state index < -0.39 is 43.6 Å². The van der Waals surface area contributed by atoms with E-state index in [1.54, 1.807) is 62.3 Å². The predicted molar refractivity (Wildman–Crippen MR) is 279 cm³/mol. The smallest absolute Gasteiger partial charge is 0.457 e. The van der Waals surface area contributed by atoms with Gasteiger partial charge in [-0.15, -0.1) is 0 Å². The highest BCUT2D eigenvalue weighted by Crippen LogP contribution is 2.56. The lowest BCUT2D eigenvalue weighted by Gasteiger charge is -2.29. The number of carbonyl (C=O) groups excluding carboxylic acids is 6. The Bertz CT molecular complexity index is 2480. The lowest BCUT2D eigenvalue weighted by Crippen LogP contribution is -2.18. The third kappa shape index (κ3) is 14.6. The molecule has 0 saturated carbocycles. The molecule has 0 heterocycles. The number of phosphoric acid groups is 1. The minimum atomic E-state index is -5.26. The zero-order valence-electron chi connectivity index (χ0n) is 45.5. The molecule has 0 bridgehead atoms. The molecule has 3 aromatic carbocycles. The standard InChI is InChI=1S/C57H69O16P/c1-28(2)52(58)65-22-43-34(13)44(23-66-53(59)29(3)4)38(17)49(37(43)16)71-74(64,72-50-39(18)45(24-67-54(60)30(5)6)35(14)46(40(50)19)25-68-55(61)31(7)8)73-51-41(20)47(26-69-56(62)32(9)10)36(15)48(42(51)21)27-70-57(63)33(11)12/h1,3,5,7,9,11,22-27H2,2,4,6,8,10,12-21H3. The molecular weight excluding hydrogens is 972 g/mol. The van der Waals surface area contributed by atoms with Gasteiger partial charge in [-0.25, -0.2) is 28.8 Å². The van der Waals surface area contributed by atoms with Crippen LogP contribution in [0, 0.1) is 62.3 Å². The molecule has 0 aliphatic heterocycles. The maximum Gasteiger partial charge on any atom is 0.647 e. The Hall–Kier alpha value is -7.45. The molecule has 0 radical (unpaired) electrons. The fourth-order valence-electron chi connectivity index (χ4n) is 7.57. The first-order valence-corrected chi connectivity index (χ1v) is 24.7. The van der Waals surface area contributed by atoms with Gasteiger partial charge in [-0.2, -0.15) is 4.57 Å². The van der Waals surface area contributed by atoms with E-state index in [1.807, 2.05) is 0 Å². The number of rotatable bonds is 24. The molecular formula is C57H69O16P. The molecule has 0 fully saturated rings. The molecule has 0 saturated heterocycles. The second-order valence-electron chi connectivity index (χ2n) is 18.3. The molecule has 0 spiro atoms. The van der Waals surface area contributed by atoms with Crippen LogP contribution >= 0.6 is 7.82 Å². The van der Waals surface area contributed by atoms with Gasteiger partial charge in [0, 0.05) is 33.4 Å². The van der Waals surface area contributed by atoms with E-state index in [0.717, 1.165) is 0 Å². The van der Waals surface area contributed by atoms with Crippen molar-refractivity contribution in [2.45, 2.75) is 143 Å². The molecule has 74 heavy (non-hydrogen) atoms. The minimum absolute atomic E-state index is 0.0797. The maximum absolute atomic E-state index is 16.4. The van der Waals surface area contributed by atoms with E-state index in [0.29, 0.717) is 83.5 Å². The SMILES string of the molecule is C=C(C)C(=O)OCc1c(C)c(COC(=O)C(=C)C)c(C)c(OP(=O)(Oc2c(C)c(COC(=O)C(=C)C)c(C)c(COC(=O)C(=C)C)c2C)Oc2c(C)c(COC(=O)C(=C)C)c(C)c(COC(=O)C(=C)C)c2C)c1C. The summed E-state index contributed by atoms with van der Waals surface area (Å²) in [4.78, 5) is 76.9. The first-order chi connectivity index (χ1) is 34.3. The molecule has 0 aliphatic rings.